The summed E-state index contributed by atoms with van der Waals surface area (Å²) in [4.78, 5) is 26.2. The van der Waals surface area contributed by atoms with Crippen LogP contribution in [0.4, 0.5) is 0 Å². The van der Waals surface area contributed by atoms with E-state index in [4.69, 9.17) is 4.98 Å². The summed E-state index contributed by atoms with van der Waals surface area (Å²) in [5.41, 5.74) is 3.20. The molecule has 0 radical (unpaired) electrons. The van der Waals surface area contributed by atoms with Gasteiger partial charge in [-0.05, 0) is 32.3 Å². The highest BCUT2D eigenvalue weighted by Crippen LogP contribution is 2.31. The average molecular weight is 310 g/mol. The minimum atomic E-state index is -0.0152. The third kappa shape index (κ3) is 2.48. The maximum Gasteiger partial charge on any atom is 0.272 e. The molecule has 0 unspecified atom stereocenters. The highest BCUT2D eigenvalue weighted by molar-refractivity contribution is 5.92. The van der Waals surface area contributed by atoms with E-state index in [9.17, 15) is 4.79 Å². The topological polar surface area (TPSA) is 79.2 Å². The first kappa shape index (κ1) is 13.9. The first-order valence-electron chi connectivity index (χ1n) is 7.84. The van der Waals surface area contributed by atoms with E-state index in [-0.39, 0.29) is 11.9 Å². The van der Waals surface area contributed by atoms with Gasteiger partial charge in [0.2, 0.25) is 0 Å². The van der Waals surface area contributed by atoms with E-state index in [0.717, 1.165) is 42.8 Å². The maximum atomic E-state index is 12.7. The molecule has 3 aromatic rings. The quantitative estimate of drug-likeness (QED) is 0.786. The van der Waals surface area contributed by atoms with Crippen LogP contribution >= 0.6 is 0 Å². The average Bonchev–Trinajstić information content (AvgIpc) is 3.22. The molecular weight excluding hydrogens is 292 g/mol. The number of H-pyrrole nitrogens is 1. The summed E-state index contributed by atoms with van der Waals surface area (Å²) in [6.45, 7) is 2.69. The lowest BCUT2D eigenvalue weighted by molar-refractivity contribution is 0.0600. The fraction of sp³-hybridized carbons (Fsp3) is 0.375. The molecule has 1 amide bonds. The molecule has 1 saturated heterocycles. The lowest BCUT2D eigenvalue weighted by Gasteiger charge is -2.35. The lowest BCUT2D eigenvalue weighted by atomic mass is 9.98. The van der Waals surface area contributed by atoms with Gasteiger partial charge in [-0.15, -0.1) is 0 Å². The van der Waals surface area contributed by atoms with Crippen molar-refractivity contribution in [3.05, 3.63) is 47.9 Å². The van der Waals surface area contributed by atoms with Crippen LogP contribution in [0.15, 0.2) is 30.9 Å². The van der Waals surface area contributed by atoms with Gasteiger partial charge in [-0.25, -0.2) is 14.5 Å². The summed E-state index contributed by atoms with van der Waals surface area (Å²) in [5, 5.41) is 4.35. The molecule has 0 aliphatic carbocycles. The van der Waals surface area contributed by atoms with Crippen molar-refractivity contribution in [3.8, 4) is 0 Å². The van der Waals surface area contributed by atoms with Gasteiger partial charge in [-0.3, -0.25) is 4.79 Å². The van der Waals surface area contributed by atoms with E-state index in [1.807, 2.05) is 30.2 Å². The normalized spacial score (nSPS) is 18.5. The van der Waals surface area contributed by atoms with Crippen molar-refractivity contribution in [2.45, 2.75) is 32.2 Å². The molecule has 1 fully saturated rings. The number of rotatable bonds is 2. The molecule has 0 aromatic carbocycles. The van der Waals surface area contributed by atoms with Crippen molar-refractivity contribution >= 4 is 11.6 Å². The van der Waals surface area contributed by atoms with Crippen LogP contribution in [0.25, 0.3) is 5.65 Å². The molecule has 1 aliphatic heterocycles. The predicted octanol–water partition coefficient (Wildman–Crippen LogP) is 2.13. The van der Waals surface area contributed by atoms with Crippen LogP contribution in [0.2, 0.25) is 0 Å². The Hall–Kier alpha value is -2.70. The second-order valence-corrected chi connectivity index (χ2v) is 5.92. The molecule has 23 heavy (non-hydrogen) atoms. The summed E-state index contributed by atoms with van der Waals surface area (Å²) >= 11 is 0. The molecule has 0 bridgehead atoms. The largest absolute Gasteiger partial charge is 0.341 e. The zero-order chi connectivity index (χ0) is 15.8. The molecule has 4 rings (SSSR count). The number of piperidine rings is 1. The number of aryl methyl sites for hydroxylation is 1. The predicted molar refractivity (Wildman–Crippen MR) is 83.9 cm³/mol. The second-order valence-electron chi connectivity index (χ2n) is 5.92. The first-order chi connectivity index (χ1) is 11.2. The van der Waals surface area contributed by atoms with Crippen molar-refractivity contribution in [2.24, 2.45) is 0 Å². The van der Waals surface area contributed by atoms with Crippen LogP contribution in [-0.2, 0) is 0 Å². The fourth-order valence-corrected chi connectivity index (χ4v) is 3.21. The number of nitrogens with zero attached hydrogens (tertiary/aromatic N) is 5. The molecule has 0 saturated carbocycles. The summed E-state index contributed by atoms with van der Waals surface area (Å²) in [6.07, 6.45) is 8.07. The maximum absolute atomic E-state index is 12.7. The third-order valence-electron chi connectivity index (χ3n) is 4.30. The van der Waals surface area contributed by atoms with Gasteiger partial charge in [-0.2, -0.15) is 5.10 Å². The molecule has 118 valence electrons. The van der Waals surface area contributed by atoms with Gasteiger partial charge in [0.25, 0.3) is 5.91 Å². The van der Waals surface area contributed by atoms with E-state index in [2.05, 4.69) is 15.1 Å². The van der Waals surface area contributed by atoms with Crippen molar-refractivity contribution in [1.29, 1.82) is 0 Å². The number of aromatic amines is 1. The standard InChI is InChI=1S/C16H18N6O/c1-11-8-15-19-12(5-7-22(15)20-11)14-4-2-3-6-21(14)16(23)13-9-17-10-18-13/h5,7-10,14H,2-4,6H2,1H3,(H,17,18)/t14-/m1/s1. The molecule has 3 aromatic heterocycles. The summed E-state index contributed by atoms with van der Waals surface area (Å²) in [7, 11) is 0. The molecule has 1 aliphatic rings. The molecule has 0 spiro atoms. The van der Waals surface area contributed by atoms with Crippen LogP contribution in [0.5, 0.6) is 0 Å². The lowest BCUT2D eigenvalue weighted by Crippen LogP contribution is -2.39. The van der Waals surface area contributed by atoms with Crippen LogP contribution in [0, 0.1) is 6.92 Å². The Labute approximate surface area is 133 Å². The van der Waals surface area contributed by atoms with Gasteiger partial charge in [0.05, 0.1) is 30.0 Å². The van der Waals surface area contributed by atoms with Gasteiger partial charge < -0.3 is 9.88 Å². The fourth-order valence-electron chi connectivity index (χ4n) is 3.21. The Morgan fingerprint density at radius 2 is 2.30 bits per heavy atom. The number of amides is 1. The van der Waals surface area contributed by atoms with Crippen LogP contribution in [0.3, 0.4) is 0 Å². The second kappa shape index (κ2) is 5.49. The molecule has 7 nitrogen and oxygen atoms in total. The first-order valence-corrected chi connectivity index (χ1v) is 7.84. The number of carbonyl (C=O) groups is 1. The Kier molecular flexibility index (Phi) is 3.33. The number of hydrogen-bond acceptors (Lipinski definition) is 4. The van der Waals surface area contributed by atoms with Crippen molar-refractivity contribution < 1.29 is 4.79 Å². The van der Waals surface area contributed by atoms with Crippen LogP contribution < -0.4 is 0 Å². The summed E-state index contributed by atoms with van der Waals surface area (Å²) < 4.78 is 1.77. The summed E-state index contributed by atoms with van der Waals surface area (Å²) in [6, 6.07) is 3.91. The zero-order valence-corrected chi connectivity index (χ0v) is 12.9. The third-order valence-corrected chi connectivity index (χ3v) is 4.30. The molecule has 1 N–H and O–H groups in total. The molecule has 7 heteroatoms. The number of imidazole rings is 1. The smallest absolute Gasteiger partial charge is 0.272 e. The minimum Gasteiger partial charge on any atom is -0.341 e. The monoisotopic (exact) mass is 310 g/mol. The van der Waals surface area contributed by atoms with E-state index in [1.54, 1.807) is 10.7 Å². The highest BCUT2D eigenvalue weighted by atomic mass is 16.2. The van der Waals surface area contributed by atoms with Crippen molar-refractivity contribution in [3.63, 3.8) is 0 Å². The van der Waals surface area contributed by atoms with E-state index in [1.165, 1.54) is 6.33 Å². The van der Waals surface area contributed by atoms with Crippen molar-refractivity contribution in [1.82, 2.24) is 29.5 Å². The van der Waals surface area contributed by atoms with Crippen LogP contribution in [0.1, 0.15) is 47.2 Å². The van der Waals surface area contributed by atoms with Gasteiger partial charge in [0, 0.05) is 18.8 Å². The zero-order valence-electron chi connectivity index (χ0n) is 12.9. The number of likely N-dealkylation sites (tertiary alicyclic amines) is 1. The van der Waals surface area contributed by atoms with Gasteiger partial charge in [0.1, 0.15) is 5.69 Å². The highest BCUT2D eigenvalue weighted by Gasteiger charge is 2.30. The van der Waals surface area contributed by atoms with Gasteiger partial charge in [0.15, 0.2) is 5.65 Å². The number of aromatic nitrogens is 5. The van der Waals surface area contributed by atoms with Gasteiger partial charge >= 0.3 is 0 Å². The summed E-state index contributed by atoms with van der Waals surface area (Å²) in [5.74, 6) is -0.0152. The number of carbonyl (C=O) groups excluding carboxylic acids is 1. The Morgan fingerprint density at radius 3 is 3.13 bits per heavy atom. The number of nitrogens with one attached hydrogen (secondary N) is 1. The number of fused-ring (bicyclic) bond motifs is 1. The van der Waals surface area contributed by atoms with E-state index < -0.39 is 0 Å². The van der Waals surface area contributed by atoms with E-state index >= 15 is 0 Å². The van der Waals surface area contributed by atoms with E-state index in [0.29, 0.717) is 5.69 Å². The Bertz CT molecular complexity index is 838. The SMILES string of the molecule is Cc1cc2nc([C@H]3CCCCN3C(=O)c3cnc[nH]3)ccn2n1. The van der Waals surface area contributed by atoms with Crippen LogP contribution in [-0.4, -0.2) is 41.9 Å². The molecular formula is C16H18N6O. The molecule has 4 heterocycles. The minimum absolute atomic E-state index is 0.000226. The van der Waals surface area contributed by atoms with Crippen molar-refractivity contribution in [2.75, 3.05) is 6.54 Å². The Balaban J connectivity index is 1.69. The Morgan fingerprint density at radius 1 is 1.39 bits per heavy atom. The molecule has 1 atom stereocenters. The number of hydrogen-bond donors (Lipinski definition) is 1. The van der Waals surface area contributed by atoms with Gasteiger partial charge in [-0.1, -0.05) is 0 Å².